The highest BCUT2D eigenvalue weighted by atomic mass is 32.2. The topological polar surface area (TPSA) is 87.7 Å². The quantitative estimate of drug-likeness (QED) is 0.227. The molecule has 1 fully saturated rings. The van der Waals surface area contributed by atoms with Crippen molar-refractivity contribution in [2.45, 2.75) is 13.0 Å². The highest BCUT2D eigenvalue weighted by Crippen LogP contribution is 2.31. The minimum absolute atomic E-state index is 0.0217. The maximum absolute atomic E-state index is 12.7. The largest absolute Gasteiger partial charge is 0.489 e. The molecule has 1 saturated heterocycles. The molecule has 7 nitrogen and oxygen atoms in total. The predicted molar refractivity (Wildman–Crippen MR) is 153 cm³/mol. The van der Waals surface area contributed by atoms with Gasteiger partial charge in [0.05, 0.1) is 4.91 Å². The van der Waals surface area contributed by atoms with Gasteiger partial charge in [0.15, 0.2) is 0 Å². The standard InChI is InChI=1S/C29H25N3O4S2/c33-26(18-19-32-28(35)25(38-29(32)37)13-7-12-21-8-3-1-4-9-21)30-31-27(34)23-14-16-24(17-15-23)36-20-22-10-5-2-6-11-22/h1-17H,18-20H2,(H,30,33)(H,31,34). The zero-order chi connectivity index (χ0) is 26.7. The first kappa shape index (κ1) is 26.8. The molecule has 0 aliphatic carbocycles. The molecule has 4 rings (SSSR count). The Balaban J connectivity index is 1.20. The van der Waals surface area contributed by atoms with Crippen LogP contribution in [0.1, 0.15) is 27.9 Å². The summed E-state index contributed by atoms with van der Waals surface area (Å²) in [5.41, 5.74) is 7.18. The van der Waals surface area contributed by atoms with E-state index in [0.29, 0.717) is 27.1 Å². The molecule has 0 saturated carbocycles. The number of benzene rings is 3. The highest BCUT2D eigenvalue weighted by Gasteiger charge is 2.31. The van der Waals surface area contributed by atoms with Gasteiger partial charge >= 0.3 is 0 Å². The molecule has 0 bridgehead atoms. The van der Waals surface area contributed by atoms with E-state index < -0.39 is 11.8 Å². The molecule has 1 heterocycles. The van der Waals surface area contributed by atoms with Gasteiger partial charge in [-0.05, 0) is 41.5 Å². The number of rotatable bonds is 9. The molecule has 3 amide bonds. The van der Waals surface area contributed by atoms with Gasteiger partial charge in [0.25, 0.3) is 11.8 Å². The van der Waals surface area contributed by atoms with E-state index in [1.807, 2.05) is 66.7 Å². The Morgan fingerprint density at radius 2 is 1.61 bits per heavy atom. The number of hydrogen-bond donors (Lipinski definition) is 2. The van der Waals surface area contributed by atoms with Crippen molar-refractivity contribution in [2.75, 3.05) is 6.54 Å². The van der Waals surface area contributed by atoms with Crippen molar-refractivity contribution in [1.82, 2.24) is 15.8 Å². The van der Waals surface area contributed by atoms with Crippen molar-refractivity contribution in [1.29, 1.82) is 0 Å². The minimum Gasteiger partial charge on any atom is -0.489 e. The van der Waals surface area contributed by atoms with E-state index in [0.717, 1.165) is 11.1 Å². The van der Waals surface area contributed by atoms with Crippen LogP contribution in [0.2, 0.25) is 0 Å². The lowest BCUT2D eigenvalue weighted by molar-refractivity contribution is -0.124. The third kappa shape index (κ3) is 7.64. The maximum atomic E-state index is 12.7. The number of nitrogens with one attached hydrogen (secondary N) is 2. The summed E-state index contributed by atoms with van der Waals surface area (Å²) in [5.74, 6) is -0.526. The normalized spacial score (nSPS) is 14.2. The third-order valence-electron chi connectivity index (χ3n) is 5.45. The summed E-state index contributed by atoms with van der Waals surface area (Å²) in [7, 11) is 0. The molecule has 0 radical (unpaired) electrons. The molecule has 0 spiro atoms. The molecule has 3 aromatic rings. The number of thioether (sulfide) groups is 1. The van der Waals surface area contributed by atoms with Crippen molar-refractivity contribution >= 4 is 52.1 Å². The van der Waals surface area contributed by atoms with Gasteiger partial charge in [-0.15, -0.1) is 0 Å². The molecular formula is C29H25N3O4S2. The number of carbonyl (C=O) groups is 3. The smallest absolute Gasteiger partial charge is 0.269 e. The SMILES string of the molecule is O=C(CCN1C(=O)C(=CC=Cc2ccccc2)SC1=S)NNC(=O)c1ccc(OCc2ccccc2)cc1. The first-order chi connectivity index (χ1) is 18.5. The van der Waals surface area contributed by atoms with Gasteiger partial charge in [0.1, 0.15) is 16.7 Å². The summed E-state index contributed by atoms with van der Waals surface area (Å²) >= 11 is 6.50. The number of carbonyl (C=O) groups excluding carboxylic acids is 3. The summed E-state index contributed by atoms with van der Waals surface area (Å²) in [5, 5.41) is 0. The fraction of sp³-hybridized carbons (Fsp3) is 0.103. The van der Waals surface area contributed by atoms with Crippen LogP contribution in [0.5, 0.6) is 5.75 Å². The summed E-state index contributed by atoms with van der Waals surface area (Å²) < 4.78 is 6.11. The molecule has 0 atom stereocenters. The number of thiocarbonyl (C=S) groups is 1. The van der Waals surface area contributed by atoms with Crippen LogP contribution in [0.4, 0.5) is 0 Å². The molecule has 2 N–H and O–H groups in total. The van der Waals surface area contributed by atoms with Crippen molar-refractivity contribution in [3.05, 3.63) is 119 Å². The Morgan fingerprint density at radius 1 is 0.921 bits per heavy atom. The molecular weight excluding hydrogens is 518 g/mol. The number of nitrogens with zero attached hydrogens (tertiary/aromatic N) is 1. The minimum atomic E-state index is -0.466. The van der Waals surface area contributed by atoms with Crippen molar-refractivity contribution in [3.8, 4) is 5.75 Å². The summed E-state index contributed by atoms with van der Waals surface area (Å²) in [6, 6.07) is 26.1. The lowest BCUT2D eigenvalue weighted by atomic mass is 10.2. The Kier molecular flexibility index (Phi) is 9.44. The molecule has 1 aliphatic heterocycles. The van der Waals surface area contributed by atoms with Crippen LogP contribution in [0.15, 0.2) is 102 Å². The van der Waals surface area contributed by atoms with E-state index in [1.165, 1.54) is 16.7 Å². The predicted octanol–water partition coefficient (Wildman–Crippen LogP) is 4.87. The number of hydrogen-bond acceptors (Lipinski definition) is 6. The Bertz CT molecular complexity index is 1360. The van der Waals surface area contributed by atoms with Gasteiger partial charge in [-0.1, -0.05) is 96.8 Å². The molecule has 1 aliphatic rings. The second kappa shape index (κ2) is 13.4. The fourth-order valence-corrected chi connectivity index (χ4v) is 4.70. The summed E-state index contributed by atoms with van der Waals surface area (Å²) in [6.07, 6.45) is 5.39. The monoisotopic (exact) mass is 543 g/mol. The Hall–Kier alpha value is -4.21. The number of ether oxygens (including phenoxy) is 1. The van der Waals surface area contributed by atoms with Gasteiger partial charge in [0, 0.05) is 18.5 Å². The molecule has 38 heavy (non-hydrogen) atoms. The molecule has 3 aromatic carbocycles. The highest BCUT2D eigenvalue weighted by molar-refractivity contribution is 8.26. The van der Waals surface area contributed by atoms with Crippen LogP contribution in [-0.2, 0) is 16.2 Å². The second-order valence-electron chi connectivity index (χ2n) is 8.18. The van der Waals surface area contributed by atoms with Crippen molar-refractivity contribution in [3.63, 3.8) is 0 Å². The van der Waals surface area contributed by atoms with Crippen LogP contribution >= 0.6 is 24.0 Å². The van der Waals surface area contributed by atoms with E-state index in [1.54, 1.807) is 36.4 Å². The summed E-state index contributed by atoms with van der Waals surface area (Å²) in [6.45, 7) is 0.533. The number of allylic oxidation sites excluding steroid dienone is 2. The Morgan fingerprint density at radius 3 is 2.32 bits per heavy atom. The number of hydrazine groups is 1. The van der Waals surface area contributed by atoms with E-state index in [4.69, 9.17) is 17.0 Å². The van der Waals surface area contributed by atoms with E-state index >= 15 is 0 Å². The van der Waals surface area contributed by atoms with Gasteiger partial charge < -0.3 is 4.74 Å². The molecule has 0 unspecified atom stereocenters. The first-order valence-corrected chi connectivity index (χ1v) is 13.0. The van der Waals surface area contributed by atoms with Crippen LogP contribution in [-0.4, -0.2) is 33.5 Å². The molecule has 0 aromatic heterocycles. The van der Waals surface area contributed by atoms with E-state index in [2.05, 4.69) is 10.9 Å². The van der Waals surface area contributed by atoms with Gasteiger partial charge in [-0.3, -0.25) is 30.1 Å². The second-order valence-corrected chi connectivity index (χ2v) is 9.85. The van der Waals surface area contributed by atoms with Crippen LogP contribution in [0.3, 0.4) is 0 Å². The Labute approximate surface area is 230 Å². The van der Waals surface area contributed by atoms with Crippen LogP contribution in [0.25, 0.3) is 6.08 Å². The zero-order valence-corrected chi connectivity index (χ0v) is 22.0. The van der Waals surface area contributed by atoms with Crippen molar-refractivity contribution in [2.24, 2.45) is 0 Å². The molecule has 192 valence electrons. The third-order valence-corrected chi connectivity index (χ3v) is 6.85. The van der Waals surface area contributed by atoms with Gasteiger partial charge in [0.2, 0.25) is 5.91 Å². The van der Waals surface area contributed by atoms with E-state index in [-0.39, 0.29) is 18.9 Å². The van der Waals surface area contributed by atoms with Crippen LogP contribution in [0, 0.1) is 0 Å². The first-order valence-electron chi connectivity index (χ1n) is 11.8. The zero-order valence-electron chi connectivity index (χ0n) is 20.3. The average molecular weight is 544 g/mol. The van der Waals surface area contributed by atoms with Gasteiger partial charge in [-0.25, -0.2) is 0 Å². The maximum Gasteiger partial charge on any atom is 0.269 e. The fourth-order valence-electron chi connectivity index (χ4n) is 3.44. The van der Waals surface area contributed by atoms with Crippen LogP contribution < -0.4 is 15.6 Å². The lowest BCUT2D eigenvalue weighted by Gasteiger charge is -2.14. The van der Waals surface area contributed by atoms with E-state index in [9.17, 15) is 14.4 Å². The van der Waals surface area contributed by atoms with Crippen molar-refractivity contribution < 1.29 is 19.1 Å². The van der Waals surface area contributed by atoms with Gasteiger partial charge in [-0.2, -0.15) is 0 Å². The molecule has 9 heteroatoms. The number of amides is 3. The summed E-state index contributed by atoms with van der Waals surface area (Å²) in [4.78, 5) is 39.2. The average Bonchev–Trinajstić information content (AvgIpc) is 3.22. The lowest BCUT2D eigenvalue weighted by Crippen LogP contribution is -2.43.